The molecule has 0 radical (unpaired) electrons. The molecular weight excluding hydrogens is 360 g/mol. The number of carbonyl (C=O) groups excluding carboxylic acids is 1. The summed E-state index contributed by atoms with van der Waals surface area (Å²) >= 11 is 1.14. The molecule has 136 valence electrons. The van der Waals surface area contributed by atoms with Crippen LogP contribution in [0.3, 0.4) is 0 Å². The summed E-state index contributed by atoms with van der Waals surface area (Å²) in [7, 11) is 3.60. The first kappa shape index (κ1) is 18.7. The van der Waals surface area contributed by atoms with Crippen molar-refractivity contribution in [3.05, 3.63) is 46.8 Å². The van der Waals surface area contributed by atoms with Gasteiger partial charge in [-0.05, 0) is 42.0 Å². The molecule has 0 spiro atoms. The van der Waals surface area contributed by atoms with Gasteiger partial charge in [-0.25, -0.2) is 4.98 Å². The number of rotatable bonds is 6. The van der Waals surface area contributed by atoms with E-state index in [0.717, 1.165) is 30.2 Å². The molecule has 1 aliphatic rings. The molecule has 2 N–H and O–H groups in total. The van der Waals surface area contributed by atoms with Gasteiger partial charge in [-0.3, -0.25) is 9.78 Å². The van der Waals surface area contributed by atoms with E-state index < -0.39 is 11.2 Å². The van der Waals surface area contributed by atoms with Crippen molar-refractivity contribution < 1.29 is 4.79 Å². The van der Waals surface area contributed by atoms with E-state index in [1.54, 1.807) is 43.5 Å². The monoisotopic (exact) mass is 378 g/mol. The predicted octanol–water partition coefficient (Wildman–Crippen LogP) is 2.48. The second-order valence-corrected chi connectivity index (χ2v) is 7.57. The Morgan fingerprint density at radius 3 is 2.37 bits per heavy atom. The molecule has 7 nitrogen and oxygen atoms in total. The van der Waals surface area contributed by atoms with E-state index in [-0.39, 0.29) is 5.92 Å². The standard InChI is InChI=1S/C19H18N6OS/c1-25(2)18-13(9-20)15(11-3-4-11)14(10-21)19(24-18)27-16(17(22)26)12-5-7-23-8-6-12/h5-8,11,16H,3-4H2,1-2H3,(H2,22,26). The van der Waals surface area contributed by atoms with Gasteiger partial charge in [0.25, 0.3) is 0 Å². The fourth-order valence-electron chi connectivity index (χ4n) is 2.92. The van der Waals surface area contributed by atoms with Crippen molar-refractivity contribution in [2.45, 2.75) is 29.0 Å². The van der Waals surface area contributed by atoms with E-state index in [1.807, 2.05) is 0 Å². The zero-order chi connectivity index (χ0) is 19.6. The van der Waals surface area contributed by atoms with Crippen LogP contribution in [-0.4, -0.2) is 30.0 Å². The zero-order valence-corrected chi connectivity index (χ0v) is 15.8. The van der Waals surface area contributed by atoms with E-state index >= 15 is 0 Å². The van der Waals surface area contributed by atoms with Gasteiger partial charge < -0.3 is 10.6 Å². The van der Waals surface area contributed by atoms with Crippen LogP contribution in [0, 0.1) is 22.7 Å². The lowest BCUT2D eigenvalue weighted by Crippen LogP contribution is -2.20. The number of thioether (sulfide) groups is 1. The molecule has 0 bridgehead atoms. The highest BCUT2D eigenvalue weighted by molar-refractivity contribution is 8.00. The van der Waals surface area contributed by atoms with Crippen molar-refractivity contribution in [1.82, 2.24) is 9.97 Å². The van der Waals surface area contributed by atoms with Crippen molar-refractivity contribution in [2.24, 2.45) is 5.73 Å². The Morgan fingerprint density at radius 2 is 1.89 bits per heavy atom. The first-order valence-electron chi connectivity index (χ1n) is 8.39. The van der Waals surface area contributed by atoms with Crippen molar-refractivity contribution in [1.29, 1.82) is 10.5 Å². The van der Waals surface area contributed by atoms with Crippen molar-refractivity contribution >= 4 is 23.5 Å². The molecule has 1 unspecified atom stereocenters. The average Bonchev–Trinajstić information content (AvgIpc) is 3.50. The van der Waals surface area contributed by atoms with E-state index in [1.165, 1.54) is 0 Å². The lowest BCUT2D eigenvalue weighted by atomic mass is 10.00. The Bertz CT molecular complexity index is 957. The number of hydrogen-bond donors (Lipinski definition) is 1. The summed E-state index contributed by atoms with van der Waals surface area (Å²) in [6, 6.07) is 7.85. The normalized spacial score (nSPS) is 14.1. The number of hydrogen-bond acceptors (Lipinski definition) is 7. The van der Waals surface area contributed by atoms with E-state index in [4.69, 9.17) is 5.73 Å². The minimum Gasteiger partial charge on any atom is -0.368 e. The molecule has 1 aliphatic carbocycles. The van der Waals surface area contributed by atoms with Crippen molar-refractivity contribution in [3.8, 4) is 12.1 Å². The van der Waals surface area contributed by atoms with Crippen LogP contribution in [-0.2, 0) is 4.79 Å². The first-order chi connectivity index (χ1) is 13.0. The maximum atomic E-state index is 12.1. The fourth-order valence-corrected chi connectivity index (χ4v) is 3.96. The van der Waals surface area contributed by atoms with Gasteiger partial charge in [-0.15, -0.1) is 0 Å². The molecule has 1 amide bonds. The van der Waals surface area contributed by atoms with E-state index in [0.29, 0.717) is 27.5 Å². The number of nitrogens with two attached hydrogens (primary N) is 1. The Hall–Kier alpha value is -3.10. The Kier molecular flexibility index (Phi) is 5.29. The lowest BCUT2D eigenvalue weighted by Gasteiger charge is -2.20. The van der Waals surface area contributed by atoms with Crippen LogP contribution in [0.4, 0.5) is 5.82 Å². The maximum Gasteiger partial charge on any atom is 0.235 e. The van der Waals surface area contributed by atoms with Crippen LogP contribution >= 0.6 is 11.8 Å². The molecule has 0 aliphatic heterocycles. The maximum absolute atomic E-state index is 12.1. The van der Waals surface area contributed by atoms with Gasteiger partial charge >= 0.3 is 0 Å². The number of anilines is 1. The highest BCUT2D eigenvalue weighted by atomic mass is 32.2. The van der Waals surface area contributed by atoms with Crippen LogP contribution < -0.4 is 10.6 Å². The summed E-state index contributed by atoms with van der Waals surface area (Å²) < 4.78 is 0. The second kappa shape index (κ2) is 7.65. The zero-order valence-electron chi connectivity index (χ0n) is 15.0. The summed E-state index contributed by atoms with van der Waals surface area (Å²) in [4.78, 5) is 22.4. The first-order valence-corrected chi connectivity index (χ1v) is 9.27. The minimum absolute atomic E-state index is 0.184. The molecule has 1 saturated carbocycles. The number of primary amides is 1. The molecule has 27 heavy (non-hydrogen) atoms. The topological polar surface area (TPSA) is 120 Å². The van der Waals surface area contributed by atoms with Gasteiger partial charge in [0.1, 0.15) is 28.2 Å². The highest BCUT2D eigenvalue weighted by Crippen LogP contribution is 2.48. The van der Waals surface area contributed by atoms with Crippen LogP contribution in [0.5, 0.6) is 0 Å². The number of amides is 1. The Morgan fingerprint density at radius 1 is 1.26 bits per heavy atom. The van der Waals surface area contributed by atoms with Crippen LogP contribution in [0.25, 0.3) is 0 Å². The van der Waals surface area contributed by atoms with Crippen LogP contribution in [0.2, 0.25) is 0 Å². The molecule has 2 heterocycles. The molecule has 3 rings (SSSR count). The summed E-state index contributed by atoms with van der Waals surface area (Å²) in [5, 5.41) is 19.2. The molecule has 1 fully saturated rings. The third-order valence-electron chi connectivity index (χ3n) is 4.31. The van der Waals surface area contributed by atoms with E-state index in [2.05, 4.69) is 22.1 Å². The van der Waals surface area contributed by atoms with Gasteiger partial charge in [0, 0.05) is 26.5 Å². The van der Waals surface area contributed by atoms with Crippen molar-refractivity contribution in [2.75, 3.05) is 19.0 Å². The van der Waals surface area contributed by atoms with Gasteiger partial charge in [0.05, 0.1) is 11.1 Å². The number of nitriles is 2. The smallest absolute Gasteiger partial charge is 0.235 e. The Balaban J connectivity index is 2.16. The van der Waals surface area contributed by atoms with Crippen LogP contribution in [0.1, 0.15) is 46.3 Å². The summed E-state index contributed by atoms with van der Waals surface area (Å²) in [6.07, 6.45) is 5.05. The summed E-state index contributed by atoms with van der Waals surface area (Å²) in [6.45, 7) is 0. The van der Waals surface area contributed by atoms with Gasteiger partial charge in [0.15, 0.2) is 0 Å². The third kappa shape index (κ3) is 3.71. The molecule has 0 saturated heterocycles. The largest absolute Gasteiger partial charge is 0.368 e. The highest BCUT2D eigenvalue weighted by Gasteiger charge is 2.34. The summed E-state index contributed by atoms with van der Waals surface area (Å²) in [5.74, 6) is 0.155. The number of carbonyl (C=O) groups is 1. The summed E-state index contributed by atoms with van der Waals surface area (Å²) in [5.41, 5.74) is 7.84. The average molecular weight is 378 g/mol. The van der Waals surface area contributed by atoms with Gasteiger partial charge in [-0.2, -0.15) is 10.5 Å². The number of pyridine rings is 2. The Labute approximate surface area is 161 Å². The molecule has 8 heteroatoms. The molecular formula is C19H18N6OS. The van der Waals surface area contributed by atoms with Gasteiger partial charge in [-0.1, -0.05) is 11.8 Å². The van der Waals surface area contributed by atoms with Gasteiger partial charge in [0.2, 0.25) is 5.91 Å². The minimum atomic E-state index is -0.706. The second-order valence-electron chi connectivity index (χ2n) is 6.48. The van der Waals surface area contributed by atoms with Crippen molar-refractivity contribution in [3.63, 3.8) is 0 Å². The third-order valence-corrected chi connectivity index (χ3v) is 5.57. The predicted molar refractivity (Wildman–Crippen MR) is 102 cm³/mol. The quantitative estimate of drug-likeness (QED) is 0.767. The SMILES string of the molecule is CN(C)c1nc(SC(C(N)=O)c2ccncc2)c(C#N)c(C2CC2)c1C#N. The molecule has 2 aromatic heterocycles. The molecule has 0 aromatic carbocycles. The number of nitrogens with zero attached hydrogens (tertiary/aromatic N) is 5. The lowest BCUT2D eigenvalue weighted by molar-refractivity contribution is -0.117. The van der Waals surface area contributed by atoms with E-state index in [9.17, 15) is 15.3 Å². The molecule has 2 aromatic rings. The molecule has 1 atom stereocenters. The fraction of sp³-hybridized carbons (Fsp3) is 0.316. The van der Waals surface area contributed by atoms with Crippen LogP contribution in [0.15, 0.2) is 29.6 Å². The number of aromatic nitrogens is 2.